The Morgan fingerprint density at radius 1 is 1.21 bits per heavy atom. The van der Waals surface area contributed by atoms with Gasteiger partial charge in [0.15, 0.2) is 0 Å². The van der Waals surface area contributed by atoms with Crippen LogP contribution < -0.4 is 9.46 Å². The Morgan fingerprint density at radius 3 is 2.55 bits per heavy atom. The van der Waals surface area contributed by atoms with Crippen molar-refractivity contribution in [2.75, 3.05) is 53.4 Å². The number of nitrogens with one attached hydrogen (secondary N) is 1. The molecule has 0 bridgehead atoms. The Hall–Kier alpha value is -1.19. The van der Waals surface area contributed by atoms with E-state index in [1.54, 1.807) is 6.07 Å². The van der Waals surface area contributed by atoms with Crippen molar-refractivity contribution < 1.29 is 18.3 Å². The first-order valence-electron chi connectivity index (χ1n) is 10.4. The van der Waals surface area contributed by atoms with Crippen molar-refractivity contribution in [3.05, 3.63) is 23.8 Å². The SMILES string of the molecule is CC(C)c1ccc2c(c1)OCC1(CCN(C)CC1)CN(C)CC(O)CNS2(=O)=O. The predicted molar refractivity (Wildman–Crippen MR) is 114 cm³/mol. The van der Waals surface area contributed by atoms with Crippen LogP contribution in [0.15, 0.2) is 23.1 Å². The van der Waals surface area contributed by atoms with Crippen molar-refractivity contribution in [3.8, 4) is 5.75 Å². The Morgan fingerprint density at radius 2 is 1.90 bits per heavy atom. The third-order valence-electron chi connectivity index (χ3n) is 6.14. The highest BCUT2D eigenvalue weighted by Gasteiger charge is 2.37. The molecule has 1 aromatic rings. The van der Waals surface area contributed by atoms with Crippen molar-refractivity contribution in [1.82, 2.24) is 14.5 Å². The minimum Gasteiger partial charge on any atom is -0.492 e. The summed E-state index contributed by atoms with van der Waals surface area (Å²) in [5, 5.41) is 10.4. The van der Waals surface area contributed by atoms with Gasteiger partial charge in [-0.15, -0.1) is 0 Å². The Labute approximate surface area is 175 Å². The van der Waals surface area contributed by atoms with Crippen molar-refractivity contribution in [1.29, 1.82) is 0 Å². The molecule has 1 aromatic carbocycles. The van der Waals surface area contributed by atoms with Crippen LogP contribution in [0, 0.1) is 5.41 Å². The summed E-state index contributed by atoms with van der Waals surface area (Å²) in [5.41, 5.74) is 0.975. The first-order chi connectivity index (χ1) is 13.6. The van der Waals surface area contributed by atoms with Crippen molar-refractivity contribution in [3.63, 3.8) is 0 Å². The molecular formula is C21H35N3O4S. The molecule has 0 amide bonds. The number of benzene rings is 1. The smallest absolute Gasteiger partial charge is 0.244 e. The molecule has 164 valence electrons. The summed E-state index contributed by atoms with van der Waals surface area (Å²) in [5.74, 6) is 0.672. The van der Waals surface area contributed by atoms with Gasteiger partial charge in [-0.3, -0.25) is 0 Å². The fourth-order valence-electron chi connectivity index (χ4n) is 4.24. The van der Waals surface area contributed by atoms with Gasteiger partial charge >= 0.3 is 0 Å². The van der Waals surface area contributed by atoms with E-state index in [4.69, 9.17) is 4.74 Å². The van der Waals surface area contributed by atoms with Gasteiger partial charge < -0.3 is 19.6 Å². The van der Waals surface area contributed by atoms with E-state index in [2.05, 4.69) is 35.4 Å². The summed E-state index contributed by atoms with van der Waals surface area (Å²) in [6.45, 7) is 7.79. The Kier molecular flexibility index (Phi) is 6.90. The van der Waals surface area contributed by atoms with Crippen LogP contribution in [0.1, 0.15) is 38.2 Å². The molecular weight excluding hydrogens is 390 g/mol. The zero-order valence-electron chi connectivity index (χ0n) is 18.0. The predicted octanol–water partition coefficient (Wildman–Crippen LogP) is 1.49. The number of hydrogen-bond donors (Lipinski definition) is 2. The fraction of sp³-hybridized carbons (Fsp3) is 0.714. The van der Waals surface area contributed by atoms with Crippen LogP contribution in [0.5, 0.6) is 5.75 Å². The van der Waals surface area contributed by atoms with E-state index in [1.165, 1.54) is 0 Å². The number of ether oxygens (including phenoxy) is 1. The maximum Gasteiger partial charge on any atom is 0.244 e. The number of aliphatic hydroxyl groups is 1. The number of hydrogen-bond acceptors (Lipinski definition) is 6. The summed E-state index contributed by atoms with van der Waals surface area (Å²) in [4.78, 5) is 4.56. The molecule has 1 atom stereocenters. The van der Waals surface area contributed by atoms with E-state index in [0.29, 0.717) is 18.9 Å². The zero-order chi connectivity index (χ0) is 21.2. The second kappa shape index (κ2) is 8.89. The van der Waals surface area contributed by atoms with Crippen LogP contribution in [0.25, 0.3) is 0 Å². The summed E-state index contributed by atoms with van der Waals surface area (Å²) in [6.07, 6.45) is 1.19. The van der Waals surface area contributed by atoms with E-state index >= 15 is 0 Å². The Bertz CT molecular complexity index is 804. The second-order valence-electron chi connectivity index (χ2n) is 9.16. The van der Waals surface area contributed by atoms with Gasteiger partial charge in [-0.05, 0) is 63.6 Å². The molecule has 8 heteroatoms. The first-order valence-corrected chi connectivity index (χ1v) is 11.9. The van der Waals surface area contributed by atoms with Gasteiger partial charge in [0.05, 0.1) is 12.7 Å². The quantitative estimate of drug-likeness (QED) is 0.709. The lowest BCUT2D eigenvalue weighted by Gasteiger charge is -2.43. The molecule has 1 unspecified atom stereocenters. The monoisotopic (exact) mass is 425 g/mol. The van der Waals surface area contributed by atoms with E-state index in [-0.39, 0.29) is 22.8 Å². The van der Waals surface area contributed by atoms with Gasteiger partial charge in [-0.2, -0.15) is 0 Å². The number of likely N-dealkylation sites (tertiary alicyclic amines) is 1. The molecule has 7 nitrogen and oxygen atoms in total. The molecule has 2 aliphatic heterocycles. The number of rotatable bonds is 1. The minimum atomic E-state index is -3.78. The standard InChI is InChI=1S/C21H35N3O4S/c1-16(2)17-5-6-20-19(11-17)28-15-21(7-9-23(3)10-8-21)14-24(4)13-18(25)12-22-29(20,26)27/h5-6,11,16,18,22,25H,7-10,12-15H2,1-4H3. The molecule has 1 spiro atoms. The van der Waals surface area contributed by atoms with Crippen LogP contribution in [0.2, 0.25) is 0 Å². The number of nitrogens with zero attached hydrogens (tertiary/aromatic N) is 2. The van der Waals surface area contributed by atoms with Crippen LogP contribution in [-0.2, 0) is 10.0 Å². The third kappa shape index (κ3) is 5.49. The van der Waals surface area contributed by atoms with Gasteiger partial charge in [0.25, 0.3) is 0 Å². The third-order valence-corrected chi connectivity index (χ3v) is 7.61. The molecule has 1 saturated heterocycles. The van der Waals surface area contributed by atoms with E-state index in [0.717, 1.165) is 38.0 Å². The van der Waals surface area contributed by atoms with Gasteiger partial charge in [0.2, 0.25) is 10.0 Å². The zero-order valence-corrected chi connectivity index (χ0v) is 18.8. The Balaban J connectivity index is 1.99. The van der Waals surface area contributed by atoms with Crippen LogP contribution >= 0.6 is 0 Å². The van der Waals surface area contributed by atoms with Gasteiger partial charge in [0, 0.05) is 25.0 Å². The van der Waals surface area contributed by atoms with Crippen molar-refractivity contribution in [2.24, 2.45) is 5.41 Å². The largest absolute Gasteiger partial charge is 0.492 e. The minimum absolute atomic E-state index is 0.0201. The van der Waals surface area contributed by atoms with Crippen LogP contribution in [0.4, 0.5) is 0 Å². The second-order valence-corrected chi connectivity index (χ2v) is 10.9. The maximum absolute atomic E-state index is 12.9. The fourth-order valence-corrected chi connectivity index (χ4v) is 5.43. The number of piperidine rings is 1. The maximum atomic E-state index is 12.9. The van der Waals surface area contributed by atoms with E-state index in [1.807, 2.05) is 19.2 Å². The number of sulfonamides is 1. The average molecular weight is 426 g/mol. The molecule has 1 fully saturated rings. The van der Waals surface area contributed by atoms with Gasteiger partial charge in [-0.1, -0.05) is 19.9 Å². The van der Waals surface area contributed by atoms with Crippen LogP contribution in [-0.4, -0.2) is 82.9 Å². The molecule has 2 aliphatic rings. The lowest BCUT2D eigenvalue weighted by molar-refractivity contribution is 0.0219. The number of β-amino-alcohol motifs (C(OH)–C–C–N with tert-alkyl or cyclic N) is 1. The van der Waals surface area contributed by atoms with E-state index < -0.39 is 16.1 Å². The summed E-state index contributed by atoms with van der Waals surface area (Å²) >= 11 is 0. The normalized spacial score (nSPS) is 26.3. The highest BCUT2D eigenvalue weighted by molar-refractivity contribution is 7.89. The summed E-state index contributed by atoms with van der Waals surface area (Å²) in [6, 6.07) is 5.32. The molecule has 2 heterocycles. The van der Waals surface area contributed by atoms with Crippen molar-refractivity contribution >= 4 is 10.0 Å². The summed E-state index contributed by atoms with van der Waals surface area (Å²) in [7, 11) is 0.329. The van der Waals surface area contributed by atoms with Crippen LogP contribution in [0.3, 0.4) is 0 Å². The number of fused-ring (bicyclic) bond motifs is 1. The van der Waals surface area contributed by atoms with E-state index in [9.17, 15) is 13.5 Å². The van der Waals surface area contributed by atoms with Crippen molar-refractivity contribution in [2.45, 2.75) is 43.6 Å². The molecule has 29 heavy (non-hydrogen) atoms. The highest BCUT2D eigenvalue weighted by atomic mass is 32.2. The molecule has 0 radical (unpaired) electrons. The number of likely N-dealkylation sites (N-methyl/N-ethyl adjacent to an activating group) is 1. The first kappa shape index (κ1) is 22.5. The van der Waals surface area contributed by atoms with Gasteiger partial charge in [0.1, 0.15) is 10.6 Å². The molecule has 0 aliphatic carbocycles. The topological polar surface area (TPSA) is 82.1 Å². The lowest BCUT2D eigenvalue weighted by atomic mass is 9.78. The van der Waals surface area contributed by atoms with Gasteiger partial charge in [-0.25, -0.2) is 13.1 Å². The highest BCUT2D eigenvalue weighted by Crippen LogP contribution is 2.35. The molecule has 0 saturated carbocycles. The lowest BCUT2D eigenvalue weighted by Crippen LogP contribution is -2.50. The molecule has 2 N–H and O–H groups in total. The number of aliphatic hydroxyl groups excluding tert-OH is 1. The summed E-state index contributed by atoms with van der Waals surface area (Å²) < 4.78 is 34.6. The molecule has 3 rings (SSSR count). The average Bonchev–Trinajstić information content (AvgIpc) is 2.66. The molecule has 0 aromatic heterocycles.